The third kappa shape index (κ3) is 28.8. The van der Waals surface area contributed by atoms with Gasteiger partial charge in [0.15, 0.2) is 12.6 Å². The van der Waals surface area contributed by atoms with Crippen LogP contribution in [0.2, 0.25) is 0 Å². The molecule has 0 bridgehead atoms. The number of carbonyl (C=O) groups is 5. The van der Waals surface area contributed by atoms with Crippen molar-refractivity contribution in [1.29, 1.82) is 0 Å². The molecule has 2 aliphatic heterocycles. The largest absolute Gasteiger partial charge is 0.516 e. The summed E-state index contributed by atoms with van der Waals surface area (Å²) in [5.41, 5.74) is 22.7. The smallest absolute Gasteiger partial charge is 0.481 e. The van der Waals surface area contributed by atoms with Gasteiger partial charge < -0.3 is 75.0 Å². The summed E-state index contributed by atoms with van der Waals surface area (Å²) in [6, 6.07) is -2.25. The quantitative estimate of drug-likeness (QED) is 0.0185. The number of carbonyl (C=O) groups excluding carboxylic acids is 4. The average molecular weight is 915 g/mol. The molecule has 0 radical (unpaired) electrons. The highest BCUT2D eigenvalue weighted by atomic mass is 35.5. The van der Waals surface area contributed by atoms with Crippen LogP contribution in [0.15, 0.2) is 15.3 Å². The van der Waals surface area contributed by atoms with Crippen molar-refractivity contribution in [3.05, 3.63) is 31.3 Å². The standard InChI is InChI=1S/C8H14N4O6.C7H11N3O4.C6H12ClNO5.C5H9ClO2.C2H3N3O2/c9-12-10-1-4(14)11-5-7(16)6(15)3(2-13)18-8(5)17;1-5(2)4-13-7(12)14-6(11)3-9-10-8;7-8-3-5(11)4(10)2(1-9)13-6(3)12;1-4(2)3-8-5(6)7;3-5-4-1-2(6)7/h3,5-8,13,15-17H,1-2H2,(H,11,14);5H,3-4H2,1-2H3;2-6,8-12H,1H2;4H,3H2,1-2H3;1H2,(H,6,7)/t3?,5-,6-,7-,8?;;2?,3?,4-,5-,6?;;/m1.1../s1. The third-order valence-corrected chi connectivity index (χ3v) is 6.69. The van der Waals surface area contributed by atoms with Crippen molar-refractivity contribution in [1.82, 2.24) is 10.2 Å². The van der Waals surface area contributed by atoms with Gasteiger partial charge in [-0.15, -0.1) is 0 Å². The predicted molar refractivity (Wildman–Crippen MR) is 199 cm³/mol. The summed E-state index contributed by atoms with van der Waals surface area (Å²) in [6.07, 6.45) is -11.7. The molecule has 0 aromatic carbocycles. The van der Waals surface area contributed by atoms with E-state index in [1.54, 1.807) is 0 Å². The van der Waals surface area contributed by atoms with Crippen LogP contribution < -0.4 is 10.2 Å². The van der Waals surface area contributed by atoms with Gasteiger partial charge in [-0.2, -0.15) is 0 Å². The highest BCUT2D eigenvalue weighted by molar-refractivity contribution is 6.61. The minimum absolute atomic E-state index is 0.162. The molecule has 0 spiro atoms. The highest BCUT2D eigenvalue weighted by Gasteiger charge is 2.44. The summed E-state index contributed by atoms with van der Waals surface area (Å²) in [5, 5.41) is 92.7. The molecular formula is C28H49Cl2N11O19. The maximum Gasteiger partial charge on any atom is 0.516 e. The maximum atomic E-state index is 11.2. The fraction of sp³-hybridized carbons (Fsp3) is 0.821. The van der Waals surface area contributed by atoms with E-state index in [2.05, 4.69) is 54.4 Å². The van der Waals surface area contributed by atoms with Gasteiger partial charge in [0.2, 0.25) is 5.91 Å². The molecule has 2 aliphatic rings. The number of aliphatic carboxylic acids is 1. The van der Waals surface area contributed by atoms with Gasteiger partial charge in [0.1, 0.15) is 68.3 Å². The lowest BCUT2D eigenvalue weighted by molar-refractivity contribution is -0.253. The maximum absolute atomic E-state index is 11.2. The Hall–Kier alpha value is -4.58. The van der Waals surface area contributed by atoms with Crippen LogP contribution in [0.5, 0.6) is 0 Å². The molecule has 5 unspecified atom stereocenters. The van der Waals surface area contributed by atoms with Crippen molar-refractivity contribution in [3.8, 4) is 0 Å². The number of nitrogens with one attached hydrogen (secondary N) is 2. The minimum Gasteiger partial charge on any atom is -0.481 e. The number of esters is 1. The van der Waals surface area contributed by atoms with E-state index in [4.69, 9.17) is 64.8 Å². The number of hydrogen-bond acceptors (Lipinski definition) is 22. The number of hydrogen-bond donors (Lipinski definition) is 11. The molecule has 2 fully saturated rings. The number of aliphatic hydroxyl groups excluding tert-OH is 8. The van der Waals surface area contributed by atoms with Gasteiger partial charge in [0.25, 0.3) is 0 Å². The number of nitrogens with zero attached hydrogens (tertiary/aromatic N) is 9. The second kappa shape index (κ2) is 35.2. The minimum atomic E-state index is -1.59. The molecule has 32 heteroatoms. The van der Waals surface area contributed by atoms with Gasteiger partial charge in [-0.1, -0.05) is 43.0 Å². The molecule has 0 aromatic rings. The second-order valence-electron chi connectivity index (χ2n) is 12.1. The lowest BCUT2D eigenvalue weighted by Crippen LogP contribution is -2.64. The Morgan fingerprint density at radius 2 is 1.12 bits per heavy atom. The molecule has 344 valence electrons. The van der Waals surface area contributed by atoms with E-state index in [-0.39, 0.29) is 12.5 Å². The number of halogens is 2. The van der Waals surface area contributed by atoms with Gasteiger partial charge in [-0.25, -0.2) is 14.4 Å². The second-order valence-corrected chi connectivity index (χ2v) is 12.6. The van der Waals surface area contributed by atoms with E-state index in [1.165, 1.54) is 0 Å². The van der Waals surface area contributed by atoms with Gasteiger partial charge in [0.05, 0.1) is 26.4 Å². The monoisotopic (exact) mass is 913 g/mol. The molecule has 2 saturated heterocycles. The van der Waals surface area contributed by atoms with Crippen molar-refractivity contribution < 1.29 is 93.6 Å². The zero-order valence-electron chi connectivity index (χ0n) is 32.3. The van der Waals surface area contributed by atoms with Crippen LogP contribution in [0.4, 0.5) is 9.59 Å². The van der Waals surface area contributed by atoms with Crippen LogP contribution in [0.25, 0.3) is 31.3 Å². The molecule has 0 aromatic heterocycles. The molecule has 0 saturated carbocycles. The van der Waals surface area contributed by atoms with Crippen LogP contribution >= 0.6 is 23.4 Å². The first-order valence-electron chi connectivity index (χ1n) is 16.8. The van der Waals surface area contributed by atoms with E-state index in [1.807, 2.05) is 27.7 Å². The highest BCUT2D eigenvalue weighted by Crippen LogP contribution is 2.20. The van der Waals surface area contributed by atoms with Crippen LogP contribution in [0.1, 0.15) is 27.7 Å². The van der Waals surface area contributed by atoms with Gasteiger partial charge in [-0.3, -0.25) is 14.4 Å². The summed E-state index contributed by atoms with van der Waals surface area (Å²) in [7, 11) is 0. The van der Waals surface area contributed by atoms with E-state index >= 15 is 0 Å². The summed E-state index contributed by atoms with van der Waals surface area (Å²) >= 11 is 10.1. The number of rotatable bonds is 14. The van der Waals surface area contributed by atoms with Crippen LogP contribution in [0.3, 0.4) is 0 Å². The molecule has 2 rings (SSSR count). The van der Waals surface area contributed by atoms with Gasteiger partial charge in [0, 0.05) is 26.3 Å². The average Bonchev–Trinajstić information content (AvgIpc) is 3.19. The fourth-order valence-corrected chi connectivity index (χ4v) is 3.90. The van der Waals surface area contributed by atoms with E-state index in [0.29, 0.717) is 12.5 Å². The first kappa shape index (κ1) is 59.7. The van der Waals surface area contributed by atoms with E-state index < -0.39 is 124 Å². The molecule has 2 heterocycles. The Morgan fingerprint density at radius 1 is 0.700 bits per heavy atom. The molecule has 1 amide bonds. The van der Waals surface area contributed by atoms with Crippen molar-refractivity contribution in [2.24, 2.45) is 27.2 Å². The zero-order valence-corrected chi connectivity index (χ0v) is 33.8. The Labute approximate surface area is 349 Å². The van der Waals surface area contributed by atoms with Crippen molar-refractivity contribution >= 4 is 52.8 Å². The van der Waals surface area contributed by atoms with Crippen LogP contribution in [-0.2, 0) is 38.1 Å². The predicted octanol–water partition coefficient (Wildman–Crippen LogP) is -1.23. The summed E-state index contributed by atoms with van der Waals surface area (Å²) in [4.78, 5) is 61.0. The summed E-state index contributed by atoms with van der Waals surface area (Å²) in [5.74, 6) is -2.27. The Morgan fingerprint density at radius 3 is 1.48 bits per heavy atom. The van der Waals surface area contributed by atoms with Crippen LogP contribution in [-0.4, -0.2) is 183 Å². The zero-order chi connectivity index (χ0) is 47.0. The molecule has 30 nitrogen and oxygen atoms in total. The Balaban J connectivity index is -0.000000704. The molecule has 0 aliphatic carbocycles. The Bertz CT molecular complexity index is 1440. The van der Waals surface area contributed by atoms with Crippen molar-refractivity contribution in [2.75, 3.05) is 46.1 Å². The lowest BCUT2D eigenvalue weighted by atomic mass is 9.97. The third-order valence-electron chi connectivity index (χ3n) is 6.33. The topological polar surface area (TPSA) is 484 Å². The van der Waals surface area contributed by atoms with Crippen LogP contribution in [0, 0.1) is 11.8 Å². The Kier molecular flexibility index (Phi) is 35.0. The SMILES string of the molecule is CC(C)COC(=O)Cl.CC(C)COC(=O)OC(=O)CN=[N+]=[N-].OCC1OC(O)C(NCl)[C@@H](O)[C@@H]1O.[N-]=[N+]=NCC(=O)N[C@H]1C(O)OC(CO)[C@@H](O)[C@@H]1O.[N-]=[N+]=NCC(=O)O. The number of aliphatic hydroxyl groups is 8. The number of carboxylic acids is 1. The summed E-state index contributed by atoms with van der Waals surface area (Å²) < 4.78 is 22.7. The lowest BCUT2D eigenvalue weighted by Gasteiger charge is -2.40. The van der Waals surface area contributed by atoms with Gasteiger partial charge >= 0.3 is 23.5 Å². The van der Waals surface area contributed by atoms with E-state index in [0.717, 1.165) is 0 Å². The molecular weight excluding hydrogens is 865 g/mol. The first-order valence-corrected chi connectivity index (χ1v) is 17.5. The number of amides is 1. The van der Waals surface area contributed by atoms with E-state index in [9.17, 15) is 54.6 Å². The summed E-state index contributed by atoms with van der Waals surface area (Å²) in [6.45, 7) is 5.58. The normalized spacial score (nSPS) is 24.9. The molecule has 11 N–H and O–H groups in total. The van der Waals surface area contributed by atoms with Crippen molar-refractivity contribution in [2.45, 2.75) is 89.0 Å². The number of carboxylic acid groups (broad SMARTS) is 1. The molecule has 10 atom stereocenters. The van der Waals surface area contributed by atoms with Crippen molar-refractivity contribution in [3.63, 3.8) is 0 Å². The number of azide groups is 3. The number of ether oxygens (including phenoxy) is 5. The molecule has 60 heavy (non-hydrogen) atoms. The van der Waals surface area contributed by atoms with Gasteiger partial charge in [-0.05, 0) is 40.2 Å². The fourth-order valence-electron chi connectivity index (χ4n) is 3.60. The first-order chi connectivity index (χ1) is 28.1.